The Bertz CT molecular complexity index is 601. The van der Waals surface area contributed by atoms with Gasteiger partial charge in [0.25, 0.3) is 5.56 Å². The van der Waals surface area contributed by atoms with E-state index in [-0.39, 0.29) is 5.56 Å². The van der Waals surface area contributed by atoms with Crippen molar-refractivity contribution in [2.24, 2.45) is 0 Å². The first-order valence-corrected chi connectivity index (χ1v) is 6.18. The normalized spacial score (nSPS) is 10.8. The maximum absolute atomic E-state index is 11.8. The second kappa shape index (κ2) is 4.24. The molecule has 0 amide bonds. The minimum atomic E-state index is -0.0725. The molecule has 0 atom stereocenters. The van der Waals surface area contributed by atoms with Crippen molar-refractivity contribution in [3.63, 3.8) is 0 Å². The average Bonchev–Trinajstić information content (AvgIpc) is 2.50. The molecule has 2 nitrogen and oxygen atoms in total. The van der Waals surface area contributed by atoms with Crippen LogP contribution in [-0.2, 0) is 0 Å². The van der Waals surface area contributed by atoms with Gasteiger partial charge >= 0.3 is 0 Å². The molecule has 0 unspecified atom stereocenters. The lowest BCUT2D eigenvalue weighted by Crippen LogP contribution is -2.12. The quantitative estimate of drug-likeness (QED) is 0.774. The molecule has 84 valence electrons. The van der Waals surface area contributed by atoms with Crippen LogP contribution < -0.4 is 5.56 Å². The van der Waals surface area contributed by atoms with Crippen LogP contribution in [0.25, 0.3) is 5.69 Å². The van der Waals surface area contributed by atoms with Crippen molar-refractivity contribution in [2.75, 3.05) is 0 Å². The molecule has 0 saturated heterocycles. The van der Waals surface area contributed by atoms with Gasteiger partial charge in [0.15, 0.2) is 0 Å². The zero-order valence-corrected chi connectivity index (χ0v) is 11.1. The number of benzene rings is 1. The van der Waals surface area contributed by atoms with Crippen molar-refractivity contribution in [1.82, 2.24) is 3.96 Å². The standard InChI is InChI=1S/C11H9Cl2NOS/c1-6-5-8(3-4-9(6)12)14-11(15)7(2)10(13)16-14/h3-5H,1-2H3. The largest absolute Gasteiger partial charge is 0.269 e. The van der Waals surface area contributed by atoms with Gasteiger partial charge < -0.3 is 0 Å². The first-order valence-electron chi connectivity index (χ1n) is 4.65. The number of aromatic nitrogens is 1. The monoisotopic (exact) mass is 273 g/mol. The van der Waals surface area contributed by atoms with E-state index in [2.05, 4.69) is 0 Å². The lowest BCUT2D eigenvalue weighted by atomic mass is 10.2. The molecular weight excluding hydrogens is 265 g/mol. The lowest BCUT2D eigenvalue weighted by Gasteiger charge is -2.03. The van der Waals surface area contributed by atoms with Gasteiger partial charge in [-0.15, -0.1) is 0 Å². The van der Waals surface area contributed by atoms with Crippen molar-refractivity contribution < 1.29 is 0 Å². The highest BCUT2D eigenvalue weighted by Crippen LogP contribution is 2.24. The second-order valence-electron chi connectivity index (χ2n) is 3.52. The first-order chi connectivity index (χ1) is 7.50. The van der Waals surface area contributed by atoms with E-state index in [1.165, 1.54) is 11.5 Å². The van der Waals surface area contributed by atoms with Crippen LogP contribution in [0.4, 0.5) is 0 Å². The number of nitrogens with zero attached hydrogens (tertiary/aromatic N) is 1. The maximum atomic E-state index is 11.8. The molecule has 0 N–H and O–H groups in total. The van der Waals surface area contributed by atoms with Gasteiger partial charge in [-0.2, -0.15) is 0 Å². The fraction of sp³-hybridized carbons (Fsp3) is 0.182. The van der Waals surface area contributed by atoms with Crippen molar-refractivity contribution in [2.45, 2.75) is 13.8 Å². The summed E-state index contributed by atoms with van der Waals surface area (Å²) in [6.45, 7) is 3.62. The minimum Gasteiger partial charge on any atom is -0.268 e. The van der Waals surface area contributed by atoms with Crippen LogP contribution in [0, 0.1) is 13.8 Å². The summed E-state index contributed by atoms with van der Waals surface area (Å²) in [7, 11) is 0. The SMILES string of the molecule is Cc1cc(-n2sc(Cl)c(C)c2=O)ccc1Cl. The Morgan fingerprint density at radius 2 is 1.94 bits per heavy atom. The summed E-state index contributed by atoms with van der Waals surface area (Å²) < 4.78 is 2.10. The summed E-state index contributed by atoms with van der Waals surface area (Å²) in [6, 6.07) is 5.46. The van der Waals surface area contributed by atoms with E-state index in [0.29, 0.717) is 14.9 Å². The van der Waals surface area contributed by atoms with Crippen LogP contribution >= 0.6 is 34.7 Å². The van der Waals surface area contributed by atoms with Gasteiger partial charge in [-0.05, 0) is 49.1 Å². The Kier molecular flexibility index (Phi) is 3.10. The zero-order chi connectivity index (χ0) is 11.9. The number of halogens is 2. The molecule has 0 aliphatic rings. The molecule has 2 rings (SSSR count). The van der Waals surface area contributed by atoms with E-state index in [1.54, 1.807) is 16.9 Å². The fourth-order valence-corrected chi connectivity index (χ4v) is 2.58. The highest BCUT2D eigenvalue weighted by atomic mass is 35.5. The van der Waals surface area contributed by atoms with E-state index in [0.717, 1.165) is 11.3 Å². The Hall–Kier alpha value is -0.770. The summed E-state index contributed by atoms with van der Waals surface area (Å²) in [5.74, 6) is 0. The number of aryl methyl sites for hydroxylation is 1. The predicted octanol–water partition coefficient (Wildman–Crippen LogP) is 3.82. The molecule has 0 fully saturated rings. The molecule has 1 aromatic heterocycles. The van der Waals surface area contributed by atoms with Gasteiger partial charge in [-0.25, -0.2) is 3.96 Å². The predicted molar refractivity (Wildman–Crippen MR) is 69.4 cm³/mol. The molecule has 0 saturated carbocycles. The minimum absolute atomic E-state index is 0.0725. The number of hydrogen-bond acceptors (Lipinski definition) is 2. The topological polar surface area (TPSA) is 22.0 Å². The Balaban J connectivity index is 2.63. The number of hydrogen-bond donors (Lipinski definition) is 0. The molecule has 1 aromatic carbocycles. The van der Waals surface area contributed by atoms with Crippen molar-refractivity contribution in [3.05, 3.63) is 49.0 Å². The van der Waals surface area contributed by atoms with E-state index in [1.807, 2.05) is 19.1 Å². The van der Waals surface area contributed by atoms with E-state index in [9.17, 15) is 4.79 Å². The van der Waals surface area contributed by atoms with E-state index < -0.39 is 0 Å². The smallest absolute Gasteiger partial charge is 0.268 e. The van der Waals surface area contributed by atoms with Crippen LogP contribution in [-0.4, -0.2) is 3.96 Å². The third-order valence-corrected chi connectivity index (χ3v) is 4.29. The van der Waals surface area contributed by atoms with Gasteiger partial charge in [-0.1, -0.05) is 23.2 Å². The fourth-order valence-electron chi connectivity index (χ4n) is 1.35. The average molecular weight is 274 g/mol. The lowest BCUT2D eigenvalue weighted by molar-refractivity contribution is 1.10. The summed E-state index contributed by atoms with van der Waals surface area (Å²) in [6.07, 6.45) is 0. The van der Waals surface area contributed by atoms with Crippen LogP contribution in [0.2, 0.25) is 9.36 Å². The van der Waals surface area contributed by atoms with Gasteiger partial charge in [0.1, 0.15) is 4.34 Å². The molecule has 0 aliphatic carbocycles. The summed E-state index contributed by atoms with van der Waals surface area (Å²) >= 11 is 13.1. The summed E-state index contributed by atoms with van der Waals surface area (Å²) in [5, 5.41) is 0.691. The van der Waals surface area contributed by atoms with Crippen molar-refractivity contribution in [3.8, 4) is 5.69 Å². The van der Waals surface area contributed by atoms with E-state index >= 15 is 0 Å². The molecule has 2 aromatic rings. The molecule has 0 aliphatic heterocycles. The molecule has 16 heavy (non-hydrogen) atoms. The molecular formula is C11H9Cl2NOS. The zero-order valence-electron chi connectivity index (χ0n) is 8.75. The highest BCUT2D eigenvalue weighted by molar-refractivity contribution is 7.11. The van der Waals surface area contributed by atoms with Crippen molar-refractivity contribution >= 4 is 34.7 Å². The molecule has 0 spiro atoms. The van der Waals surface area contributed by atoms with Gasteiger partial charge in [-0.3, -0.25) is 4.79 Å². The third kappa shape index (κ3) is 1.90. The Morgan fingerprint density at radius 1 is 1.25 bits per heavy atom. The molecule has 1 heterocycles. The van der Waals surface area contributed by atoms with Crippen molar-refractivity contribution in [1.29, 1.82) is 0 Å². The summed E-state index contributed by atoms with van der Waals surface area (Å²) in [4.78, 5) is 11.8. The molecule has 5 heteroatoms. The van der Waals surface area contributed by atoms with E-state index in [4.69, 9.17) is 23.2 Å². The Morgan fingerprint density at radius 3 is 2.44 bits per heavy atom. The maximum Gasteiger partial charge on any atom is 0.269 e. The van der Waals surface area contributed by atoms with Gasteiger partial charge in [0, 0.05) is 10.6 Å². The second-order valence-corrected chi connectivity index (χ2v) is 5.49. The molecule has 0 bridgehead atoms. The summed E-state index contributed by atoms with van der Waals surface area (Å²) in [5.41, 5.74) is 2.25. The number of rotatable bonds is 1. The Labute approximate surface area is 107 Å². The molecule has 0 radical (unpaired) electrons. The first kappa shape index (κ1) is 11.7. The highest BCUT2D eigenvalue weighted by Gasteiger charge is 2.11. The van der Waals surface area contributed by atoms with Gasteiger partial charge in [0.2, 0.25) is 0 Å². The van der Waals surface area contributed by atoms with Crippen LogP contribution in [0.1, 0.15) is 11.1 Å². The van der Waals surface area contributed by atoms with Crippen LogP contribution in [0.15, 0.2) is 23.0 Å². The third-order valence-electron chi connectivity index (χ3n) is 2.35. The van der Waals surface area contributed by atoms with Gasteiger partial charge in [0.05, 0.1) is 5.69 Å². The van der Waals surface area contributed by atoms with Crippen LogP contribution in [0.5, 0.6) is 0 Å². The van der Waals surface area contributed by atoms with Crippen LogP contribution in [0.3, 0.4) is 0 Å².